The van der Waals surface area contributed by atoms with Crippen LogP contribution in [0.3, 0.4) is 0 Å². The second kappa shape index (κ2) is 3.95. The van der Waals surface area contributed by atoms with Crippen LogP contribution < -0.4 is 0 Å². The fraction of sp³-hybridized carbons (Fsp3) is 0. The molecule has 76 valence electrons. The fourth-order valence-electron chi connectivity index (χ4n) is 1.30. The van der Waals surface area contributed by atoms with Gasteiger partial charge in [0.25, 0.3) is 0 Å². The van der Waals surface area contributed by atoms with E-state index in [0.29, 0.717) is 5.56 Å². The van der Waals surface area contributed by atoms with E-state index in [0.717, 1.165) is 6.07 Å². The summed E-state index contributed by atoms with van der Waals surface area (Å²) < 4.78 is 26.4. The molecular formula is C11H6ClF2N. The molecule has 0 atom stereocenters. The fourth-order valence-corrected chi connectivity index (χ4v) is 1.52. The molecule has 0 aliphatic heterocycles. The predicted molar refractivity (Wildman–Crippen MR) is 54.6 cm³/mol. The van der Waals surface area contributed by atoms with Gasteiger partial charge in [0.05, 0.1) is 0 Å². The zero-order valence-corrected chi connectivity index (χ0v) is 8.30. The number of halogens is 3. The Balaban J connectivity index is 2.65. The van der Waals surface area contributed by atoms with E-state index in [4.69, 9.17) is 11.6 Å². The maximum Gasteiger partial charge on any atom is 0.166 e. The Morgan fingerprint density at radius 2 is 1.73 bits per heavy atom. The van der Waals surface area contributed by atoms with Crippen LogP contribution in [-0.4, -0.2) is 4.98 Å². The average molecular weight is 226 g/mol. The molecule has 0 aliphatic carbocycles. The van der Waals surface area contributed by atoms with Gasteiger partial charge in [-0.2, -0.15) is 0 Å². The van der Waals surface area contributed by atoms with Crippen molar-refractivity contribution in [2.24, 2.45) is 0 Å². The molecule has 2 rings (SSSR count). The standard InChI is InChI=1S/C11H6ClF2N/c12-11-8(4-2-6-15-11)7-3-1-5-9(13)10(7)14/h1-6H. The maximum atomic E-state index is 13.4. The minimum absolute atomic E-state index is 0.119. The first kappa shape index (κ1) is 10.1. The quantitative estimate of drug-likeness (QED) is 0.675. The van der Waals surface area contributed by atoms with Gasteiger partial charge in [0.1, 0.15) is 5.15 Å². The monoisotopic (exact) mass is 225 g/mol. The summed E-state index contributed by atoms with van der Waals surface area (Å²) in [6, 6.07) is 7.15. The van der Waals surface area contributed by atoms with Gasteiger partial charge in [0, 0.05) is 17.3 Å². The Morgan fingerprint density at radius 3 is 2.47 bits per heavy atom. The number of aromatic nitrogens is 1. The van der Waals surface area contributed by atoms with Crippen molar-refractivity contribution in [1.29, 1.82) is 0 Å². The van der Waals surface area contributed by atoms with Gasteiger partial charge >= 0.3 is 0 Å². The van der Waals surface area contributed by atoms with Crippen LogP contribution in [0.15, 0.2) is 36.5 Å². The summed E-state index contributed by atoms with van der Waals surface area (Å²) in [5.41, 5.74) is 0.504. The molecule has 0 bridgehead atoms. The lowest BCUT2D eigenvalue weighted by Gasteiger charge is -2.04. The third-order valence-electron chi connectivity index (χ3n) is 2.00. The molecule has 1 aromatic heterocycles. The smallest absolute Gasteiger partial charge is 0.166 e. The first-order valence-corrected chi connectivity index (χ1v) is 4.63. The third-order valence-corrected chi connectivity index (χ3v) is 2.30. The molecule has 2 aromatic rings. The molecule has 15 heavy (non-hydrogen) atoms. The van der Waals surface area contributed by atoms with Gasteiger partial charge in [-0.3, -0.25) is 0 Å². The van der Waals surface area contributed by atoms with Gasteiger partial charge in [-0.1, -0.05) is 23.7 Å². The molecule has 0 unspecified atom stereocenters. The van der Waals surface area contributed by atoms with E-state index in [1.165, 1.54) is 18.3 Å². The van der Waals surface area contributed by atoms with E-state index < -0.39 is 11.6 Å². The van der Waals surface area contributed by atoms with Crippen LogP contribution in [0.5, 0.6) is 0 Å². The lowest BCUT2D eigenvalue weighted by atomic mass is 10.1. The van der Waals surface area contributed by atoms with Crippen molar-refractivity contribution in [2.45, 2.75) is 0 Å². The third kappa shape index (κ3) is 1.83. The highest BCUT2D eigenvalue weighted by Gasteiger charge is 2.12. The lowest BCUT2D eigenvalue weighted by Crippen LogP contribution is -1.90. The summed E-state index contributed by atoms with van der Waals surface area (Å²) in [4.78, 5) is 3.80. The van der Waals surface area contributed by atoms with Crippen molar-refractivity contribution in [1.82, 2.24) is 4.98 Å². The molecule has 4 heteroatoms. The first-order valence-electron chi connectivity index (χ1n) is 4.25. The Bertz CT molecular complexity index is 500. The van der Waals surface area contributed by atoms with Crippen LogP contribution in [0.25, 0.3) is 11.1 Å². The van der Waals surface area contributed by atoms with E-state index in [1.54, 1.807) is 12.1 Å². The van der Waals surface area contributed by atoms with Crippen LogP contribution in [0, 0.1) is 11.6 Å². The zero-order chi connectivity index (χ0) is 10.8. The van der Waals surface area contributed by atoms with Gasteiger partial charge in [-0.25, -0.2) is 13.8 Å². The van der Waals surface area contributed by atoms with Gasteiger partial charge in [-0.15, -0.1) is 0 Å². The molecular weight excluding hydrogens is 220 g/mol. The van der Waals surface area contributed by atoms with Crippen LogP contribution >= 0.6 is 11.6 Å². The maximum absolute atomic E-state index is 13.4. The number of hydrogen-bond donors (Lipinski definition) is 0. The van der Waals surface area contributed by atoms with Crippen LogP contribution in [0.4, 0.5) is 8.78 Å². The van der Waals surface area contributed by atoms with Gasteiger partial charge in [-0.05, 0) is 18.2 Å². The van der Waals surface area contributed by atoms with Crippen molar-refractivity contribution in [2.75, 3.05) is 0 Å². The highest BCUT2D eigenvalue weighted by Crippen LogP contribution is 2.28. The summed E-state index contributed by atoms with van der Waals surface area (Å²) in [7, 11) is 0. The van der Waals surface area contributed by atoms with Crippen molar-refractivity contribution in [3.05, 3.63) is 53.3 Å². The first-order chi connectivity index (χ1) is 7.20. The number of benzene rings is 1. The summed E-state index contributed by atoms with van der Waals surface area (Å²) in [6.07, 6.45) is 1.49. The SMILES string of the molecule is Fc1cccc(-c2cccnc2Cl)c1F. The van der Waals surface area contributed by atoms with E-state index in [-0.39, 0.29) is 10.7 Å². The Morgan fingerprint density at radius 1 is 1.00 bits per heavy atom. The summed E-state index contributed by atoms with van der Waals surface area (Å²) >= 11 is 5.78. The van der Waals surface area contributed by atoms with Crippen molar-refractivity contribution in [3.8, 4) is 11.1 Å². The normalized spacial score (nSPS) is 10.3. The second-order valence-corrected chi connectivity index (χ2v) is 3.30. The topological polar surface area (TPSA) is 12.9 Å². The lowest BCUT2D eigenvalue weighted by molar-refractivity contribution is 0.511. The zero-order valence-electron chi connectivity index (χ0n) is 7.55. The van der Waals surface area contributed by atoms with Crippen molar-refractivity contribution < 1.29 is 8.78 Å². The molecule has 0 N–H and O–H groups in total. The molecule has 1 heterocycles. The van der Waals surface area contributed by atoms with Crippen LogP contribution in [0.2, 0.25) is 5.15 Å². The highest BCUT2D eigenvalue weighted by atomic mass is 35.5. The van der Waals surface area contributed by atoms with E-state index in [9.17, 15) is 8.78 Å². The molecule has 0 aliphatic rings. The minimum Gasteiger partial charge on any atom is -0.244 e. The second-order valence-electron chi connectivity index (χ2n) is 2.94. The van der Waals surface area contributed by atoms with E-state index in [1.807, 2.05) is 0 Å². The summed E-state index contributed by atoms with van der Waals surface area (Å²) in [5.74, 6) is -1.81. The van der Waals surface area contributed by atoms with Crippen molar-refractivity contribution in [3.63, 3.8) is 0 Å². The van der Waals surface area contributed by atoms with Crippen LogP contribution in [-0.2, 0) is 0 Å². The molecule has 0 saturated carbocycles. The number of hydrogen-bond acceptors (Lipinski definition) is 1. The Kier molecular flexibility index (Phi) is 2.64. The largest absolute Gasteiger partial charge is 0.244 e. The van der Waals surface area contributed by atoms with Crippen LogP contribution in [0.1, 0.15) is 0 Å². The molecule has 0 radical (unpaired) electrons. The summed E-state index contributed by atoms with van der Waals surface area (Å²) in [6.45, 7) is 0. The predicted octanol–water partition coefficient (Wildman–Crippen LogP) is 3.68. The Labute approximate surface area is 90.3 Å². The highest BCUT2D eigenvalue weighted by molar-refractivity contribution is 6.32. The number of rotatable bonds is 1. The molecule has 0 saturated heterocycles. The van der Waals surface area contributed by atoms with E-state index >= 15 is 0 Å². The number of nitrogens with zero attached hydrogens (tertiary/aromatic N) is 1. The molecule has 0 fully saturated rings. The molecule has 0 amide bonds. The summed E-state index contributed by atoms with van der Waals surface area (Å²) in [5, 5.41) is 0.155. The average Bonchev–Trinajstić information content (AvgIpc) is 2.23. The van der Waals surface area contributed by atoms with Gasteiger partial charge < -0.3 is 0 Å². The minimum atomic E-state index is -0.910. The molecule has 0 spiro atoms. The van der Waals surface area contributed by atoms with Crippen molar-refractivity contribution >= 4 is 11.6 Å². The molecule has 1 aromatic carbocycles. The van der Waals surface area contributed by atoms with Gasteiger partial charge in [0.2, 0.25) is 0 Å². The van der Waals surface area contributed by atoms with E-state index in [2.05, 4.69) is 4.98 Å². The molecule has 1 nitrogen and oxygen atoms in total. The Hall–Kier alpha value is -1.48. The number of pyridine rings is 1. The van der Waals surface area contributed by atoms with Gasteiger partial charge in [0.15, 0.2) is 11.6 Å².